The molecule has 3 fully saturated rings. The number of rotatable bonds is 6. The second-order valence-electron chi connectivity index (χ2n) is 9.48. The van der Waals surface area contributed by atoms with E-state index in [0.29, 0.717) is 11.5 Å². The third-order valence-corrected chi connectivity index (χ3v) is 16.1. The summed E-state index contributed by atoms with van der Waals surface area (Å²) in [5, 5.41) is 9.96. The molecule has 10 heteroatoms. The lowest BCUT2D eigenvalue weighted by atomic mass is 9.93. The van der Waals surface area contributed by atoms with Crippen LogP contribution in [0.2, 0.25) is 18.1 Å². The summed E-state index contributed by atoms with van der Waals surface area (Å²) in [7, 11) is -2.86. The number of aliphatic carboxylic acids is 1. The van der Waals surface area contributed by atoms with Crippen LogP contribution in [0.1, 0.15) is 34.1 Å². The highest BCUT2D eigenvalue weighted by atomic mass is 32.2. The molecule has 6 atom stereocenters. The van der Waals surface area contributed by atoms with E-state index in [0.717, 1.165) is 6.42 Å². The molecule has 0 aromatic heterocycles. The van der Waals surface area contributed by atoms with Crippen molar-refractivity contribution in [2.75, 3.05) is 18.1 Å². The molecular weight excluding hydrogens is 434 g/mol. The van der Waals surface area contributed by atoms with Gasteiger partial charge in [0.05, 0.1) is 23.9 Å². The first-order chi connectivity index (χ1) is 12.8. The fourth-order valence-corrected chi connectivity index (χ4v) is 10.8. The Morgan fingerprint density at radius 1 is 1.46 bits per heavy atom. The van der Waals surface area contributed by atoms with Gasteiger partial charge < -0.3 is 14.4 Å². The van der Waals surface area contributed by atoms with E-state index in [1.54, 1.807) is 4.90 Å². The van der Waals surface area contributed by atoms with Crippen molar-refractivity contribution < 1.29 is 23.3 Å². The maximum atomic E-state index is 12.8. The number of carbonyl (C=O) groups excluding carboxylic acids is 1. The molecule has 28 heavy (non-hydrogen) atoms. The van der Waals surface area contributed by atoms with Crippen molar-refractivity contribution in [3.8, 4) is 0 Å². The average Bonchev–Trinajstić information content (AvgIpc) is 3.08. The van der Waals surface area contributed by atoms with Crippen molar-refractivity contribution in [2.24, 2.45) is 5.92 Å². The molecule has 0 saturated carbocycles. The molecule has 6 nitrogen and oxygen atoms in total. The Hall–Kier alpha value is -0.0331. The highest BCUT2D eigenvalue weighted by Gasteiger charge is 2.64. The lowest BCUT2D eigenvalue weighted by Gasteiger charge is -2.47. The first-order valence-corrected chi connectivity index (χ1v) is 15.9. The van der Waals surface area contributed by atoms with Crippen LogP contribution < -0.4 is 0 Å². The van der Waals surface area contributed by atoms with Crippen molar-refractivity contribution in [3.63, 3.8) is 0 Å². The van der Waals surface area contributed by atoms with Gasteiger partial charge in [0.25, 0.3) is 0 Å². The van der Waals surface area contributed by atoms with E-state index >= 15 is 0 Å². The molecule has 0 aliphatic carbocycles. The van der Waals surface area contributed by atoms with Crippen molar-refractivity contribution in [2.45, 2.75) is 73.1 Å². The molecule has 0 spiro atoms. The monoisotopic (exact) mass is 465 g/mol. The van der Waals surface area contributed by atoms with Gasteiger partial charge in [-0.15, -0.1) is 23.5 Å². The third-order valence-electron chi connectivity index (χ3n) is 6.39. The minimum Gasteiger partial charge on any atom is -0.480 e. The standard InChI is InChI=1S/C18H31NO5S3Si/c1-11(24-28(5,6)17(2,3)4)13-14(20)19-10-18(16(21)22,26-15(13)19)25-12-7-8-27(23)9-12/h11-13,15H,7-10H2,1-6H3,(H,21,22)/t11-,12?,13+,15-,18?,27?/m1/s1. The number of carbonyl (C=O) groups is 2. The van der Waals surface area contributed by atoms with E-state index in [1.807, 2.05) is 6.92 Å². The highest BCUT2D eigenvalue weighted by Crippen LogP contribution is 2.57. The first kappa shape index (κ1) is 22.6. The van der Waals surface area contributed by atoms with Gasteiger partial charge in [0.1, 0.15) is 0 Å². The van der Waals surface area contributed by atoms with Gasteiger partial charge >= 0.3 is 5.97 Å². The molecule has 160 valence electrons. The minimum atomic E-state index is -2.02. The van der Waals surface area contributed by atoms with Gasteiger partial charge in [0, 0.05) is 27.6 Å². The zero-order valence-corrected chi connectivity index (χ0v) is 20.8. The Balaban J connectivity index is 1.72. The van der Waals surface area contributed by atoms with E-state index < -0.39 is 29.2 Å². The zero-order chi connectivity index (χ0) is 21.1. The number of nitrogens with zero attached hydrogens (tertiary/aromatic N) is 1. The number of fused-ring (bicyclic) bond motifs is 1. The summed E-state index contributed by atoms with van der Waals surface area (Å²) in [6, 6.07) is 0. The molecule has 3 rings (SSSR count). The quantitative estimate of drug-likeness (QED) is 0.477. The number of hydrogen-bond donors (Lipinski definition) is 1. The zero-order valence-electron chi connectivity index (χ0n) is 17.4. The van der Waals surface area contributed by atoms with Crippen LogP contribution in [0, 0.1) is 5.92 Å². The number of carboxylic acid groups (broad SMARTS) is 1. The maximum absolute atomic E-state index is 12.8. The van der Waals surface area contributed by atoms with Crippen LogP contribution in [-0.2, 0) is 24.8 Å². The second kappa shape index (κ2) is 7.58. The molecule has 3 saturated heterocycles. The van der Waals surface area contributed by atoms with Crippen molar-refractivity contribution in [3.05, 3.63) is 0 Å². The minimum absolute atomic E-state index is 0.00225. The average molecular weight is 466 g/mol. The van der Waals surface area contributed by atoms with E-state index in [9.17, 15) is 18.9 Å². The lowest BCUT2D eigenvalue weighted by Crippen LogP contribution is -2.62. The number of amides is 1. The van der Waals surface area contributed by atoms with Crippen LogP contribution in [0.4, 0.5) is 0 Å². The Bertz CT molecular complexity index is 697. The number of hydrogen-bond acceptors (Lipinski definition) is 6. The number of carboxylic acids is 1. The van der Waals surface area contributed by atoms with Gasteiger partial charge in [0.2, 0.25) is 5.91 Å². The molecule has 1 amide bonds. The van der Waals surface area contributed by atoms with Gasteiger partial charge in [-0.05, 0) is 31.5 Å². The van der Waals surface area contributed by atoms with E-state index in [-0.39, 0.29) is 40.1 Å². The Morgan fingerprint density at radius 3 is 2.61 bits per heavy atom. The first-order valence-electron chi connectivity index (χ1n) is 9.70. The van der Waals surface area contributed by atoms with Gasteiger partial charge in [-0.25, -0.2) is 4.79 Å². The van der Waals surface area contributed by atoms with Gasteiger partial charge in [-0.3, -0.25) is 9.00 Å². The Labute approximate surface area is 179 Å². The van der Waals surface area contributed by atoms with Crippen LogP contribution >= 0.6 is 23.5 Å². The molecule has 0 aromatic carbocycles. The van der Waals surface area contributed by atoms with Crippen LogP contribution in [0.5, 0.6) is 0 Å². The summed E-state index contributed by atoms with van der Waals surface area (Å²) in [6.07, 6.45) is 0.551. The largest absolute Gasteiger partial charge is 0.480 e. The molecule has 0 aromatic rings. The third kappa shape index (κ3) is 3.96. The molecule has 1 N–H and O–H groups in total. The fraction of sp³-hybridized carbons (Fsp3) is 0.889. The second-order valence-corrected chi connectivity index (χ2v) is 19.1. The van der Waals surface area contributed by atoms with E-state index in [4.69, 9.17) is 4.43 Å². The van der Waals surface area contributed by atoms with Crippen molar-refractivity contribution in [1.82, 2.24) is 4.90 Å². The molecule has 3 heterocycles. The lowest BCUT2D eigenvalue weighted by molar-refractivity contribution is -0.155. The topological polar surface area (TPSA) is 83.9 Å². The van der Waals surface area contributed by atoms with Crippen molar-refractivity contribution in [1.29, 1.82) is 0 Å². The SMILES string of the molecule is C[C@@H](O[Si](C)(C)C(C)(C)C)[C@H]1C(=O)N2CC(SC3CCS(=O)C3)(C(=O)O)S[C@H]12. The Kier molecular flexibility index (Phi) is 6.13. The smallest absolute Gasteiger partial charge is 0.332 e. The number of β-lactam (4-membered cyclic amide) rings is 1. The van der Waals surface area contributed by atoms with Crippen molar-refractivity contribution >= 4 is 54.5 Å². The predicted molar refractivity (Wildman–Crippen MR) is 119 cm³/mol. The summed E-state index contributed by atoms with van der Waals surface area (Å²) >= 11 is 2.78. The summed E-state index contributed by atoms with van der Waals surface area (Å²) in [4.78, 5) is 26.7. The van der Waals surface area contributed by atoms with Gasteiger partial charge in [0.15, 0.2) is 12.4 Å². The summed E-state index contributed by atoms with van der Waals surface area (Å²) in [5.74, 6) is 0.0114. The molecule has 3 aliphatic rings. The molecular formula is C18H31NO5S3Si. The molecule has 3 unspecified atom stereocenters. The fourth-order valence-electron chi connectivity index (χ4n) is 3.69. The normalized spacial score (nSPS) is 36.9. The number of thioether (sulfide) groups is 2. The molecule has 0 radical (unpaired) electrons. The van der Waals surface area contributed by atoms with Crippen LogP contribution in [-0.4, -0.2) is 73.3 Å². The van der Waals surface area contributed by atoms with Crippen LogP contribution in [0.15, 0.2) is 0 Å². The van der Waals surface area contributed by atoms with Gasteiger partial charge in [-0.2, -0.15) is 0 Å². The molecule has 3 aliphatic heterocycles. The van der Waals surface area contributed by atoms with E-state index in [1.165, 1.54) is 23.5 Å². The summed E-state index contributed by atoms with van der Waals surface area (Å²) in [5.41, 5.74) is 0. The highest BCUT2D eigenvalue weighted by molar-refractivity contribution is 8.20. The summed E-state index contributed by atoms with van der Waals surface area (Å²) in [6.45, 7) is 13.0. The molecule has 0 bridgehead atoms. The van der Waals surface area contributed by atoms with Crippen LogP contribution in [0.25, 0.3) is 0 Å². The summed E-state index contributed by atoms with van der Waals surface area (Å²) < 4.78 is 17.1. The van der Waals surface area contributed by atoms with Gasteiger partial charge in [-0.1, -0.05) is 20.8 Å². The van der Waals surface area contributed by atoms with E-state index in [2.05, 4.69) is 33.9 Å². The predicted octanol–water partition coefficient (Wildman–Crippen LogP) is 2.96. The Morgan fingerprint density at radius 2 is 2.11 bits per heavy atom. The maximum Gasteiger partial charge on any atom is 0.332 e. The van der Waals surface area contributed by atoms with Crippen LogP contribution in [0.3, 0.4) is 0 Å².